The van der Waals surface area contributed by atoms with Crippen molar-refractivity contribution in [3.8, 4) is 0 Å². The average Bonchev–Trinajstić information content (AvgIpc) is 2.32. The molecule has 3 nitrogen and oxygen atoms in total. The largest absolute Gasteiger partial charge is 0.293 e. The Morgan fingerprint density at radius 3 is 2.89 bits per heavy atom. The summed E-state index contributed by atoms with van der Waals surface area (Å²) in [6.45, 7) is 8.40. The third-order valence-corrected chi connectivity index (χ3v) is 3.08. The van der Waals surface area contributed by atoms with E-state index in [1.54, 1.807) is 10.6 Å². The molecule has 0 N–H and O–H groups in total. The fourth-order valence-electron chi connectivity index (χ4n) is 2.20. The molecule has 0 aromatic carbocycles. The zero-order valence-electron chi connectivity index (χ0n) is 10.9. The van der Waals surface area contributed by atoms with Crippen LogP contribution in [0, 0.1) is 13.8 Å². The van der Waals surface area contributed by atoms with Crippen molar-refractivity contribution < 1.29 is 0 Å². The third kappa shape index (κ3) is 2.35. The van der Waals surface area contributed by atoms with Gasteiger partial charge in [0.2, 0.25) is 0 Å². The minimum atomic E-state index is 0.0177. The number of fused-ring (bicyclic) bond motifs is 1. The second-order valence-corrected chi connectivity index (χ2v) is 4.57. The molecule has 0 aliphatic heterocycles. The van der Waals surface area contributed by atoms with Crippen molar-refractivity contribution in [1.82, 2.24) is 9.55 Å². The Balaban J connectivity index is 2.58. The fraction of sp³-hybridized carbons (Fsp3) is 0.333. The van der Waals surface area contributed by atoms with Gasteiger partial charge in [0.25, 0.3) is 5.56 Å². The van der Waals surface area contributed by atoms with E-state index in [9.17, 15) is 4.79 Å². The minimum absolute atomic E-state index is 0.0177. The maximum Gasteiger partial charge on any atom is 0.252 e. The van der Waals surface area contributed by atoms with Gasteiger partial charge in [-0.3, -0.25) is 9.36 Å². The topological polar surface area (TPSA) is 34.9 Å². The van der Waals surface area contributed by atoms with Crippen LogP contribution in [0.1, 0.15) is 24.1 Å². The molecule has 0 saturated carbocycles. The lowest BCUT2D eigenvalue weighted by Crippen LogP contribution is -2.20. The number of nitrogens with zero attached hydrogens (tertiary/aromatic N) is 2. The second-order valence-electron chi connectivity index (χ2n) is 4.57. The number of aryl methyl sites for hydroxylation is 3. The van der Waals surface area contributed by atoms with Crippen LogP contribution in [0.4, 0.5) is 0 Å². The van der Waals surface area contributed by atoms with Gasteiger partial charge in [-0.05, 0) is 44.4 Å². The summed E-state index contributed by atoms with van der Waals surface area (Å²) in [7, 11) is 0. The van der Waals surface area contributed by atoms with Crippen LogP contribution < -0.4 is 5.56 Å². The minimum Gasteiger partial charge on any atom is -0.293 e. The zero-order valence-corrected chi connectivity index (χ0v) is 10.9. The van der Waals surface area contributed by atoms with Gasteiger partial charge in [0, 0.05) is 23.7 Å². The molecular weight excluding hydrogens is 224 g/mol. The Kier molecular flexibility index (Phi) is 3.60. The van der Waals surface area contributed by atoms with Crippen molar-refractivity contribution >= 4 is 11.0 Å². The predicted molar refractivity (Wildman–Crippen MR) is 74.9 cm³/mol. The molecule has 0 radical (unpaired) electrons. The summed E-state index contributed by atoms with van der Waals surface area (Å²) in [5, 5.41) is 1.05. The molecule has 0 aliphatic carbocycles. The highest BCUT2D eigenvalue weighted by molar-refractivity contribution is 5.79. The van der Waals surface area contributed by atoms with E-state index in [-0.39, 0.29) is 5.56 Å². The summed E-state index contributed by atoms with van der Waals surface area (Å²) < 4.78 is 1.76. The third-order valence-electron chi connectivity index (χ3n) is 3.08. The molecule has 3 heteroatoms. The first-order chi connectivity index (χ1) is 8.63. The first kappa shape index (κ1) is 12.6. The molecule has 0 bridgehead atoms. The average molecular weight is 242 g/mol. The van der Waals surface area contributed by atoms with Crippen molar-refractivity contribution in [3.63, 3.8) is 0 Å². The molecule has 0 saturated heterocycles. The van der Waals surface area contributed by atoms with E-state index in [0.717, 1.165) is 35.1 Å². The standard InChI is InChI=1S/C15H18N2O/c1-4-5-6-9-17-14(18)8-7-13-11(2)10-12(3)16-15(13)17/h4,7-8,10H,1,5-6,9H2,2-3H3. The van der Waals surface area contributed by atoms with Gasteiger partial charge in [0.05, 0.1) is 0 Å². The van der Waals surface area contributed by atoms with Crippen LogP contribution in [0.5, 0.6) is 0 Å². The van der Waals surface area contributed by atoms with Gasteiger partial charge in [-0.25, -0.2) is 4.98 Å². The van der Waals surface area contributed by atoms with E-state index in [1.165, 1.54) is 0 Å². The van der Waals surface area contributed by atoms with E-state index in [1.807, 2.05) is 25.1 Å². The highest BCUT2D eigenvalue weighted by Gasteiger charge is 2.06. The summed E-state index contributed by atoms with van der Waals surface area (Å²) in [6, 6.07) is 5.53. The van der Waals surface area contributed by atoms with Crippen molar-refractivity contribution in [1.29, 1.82) is 0 Å². The van der Waals surface area contributed by atoms with Gasteiger partial charge >= 0.3 is 0 Å². The van der Waals surface area contributed by atoms with Gasteiger partial charge in [-0.2, -0.15) is 0 Å². The van der Waals surface area contributed by atoms with Crippen LogP contribution in [0.25, 0.3) is 11.0 Å². The Morgan fingerprint density at radius 1 is 1.39 bits per heavy atom. The molecular formula is C15H18N2O. The van der Waals surface area contributed by atoms with Crippen LogP contribution in [-0.4, -0.2) is 9.55 Å². The highest BCUT2D eigenvalue weighted by Crippen LogP contribution is 2.16. The monoisotopic (exact) mass is 242 g/mol. The van der Waals surface area contributed by atoms with Crippen molar-refractivity contribution in [2.45, 2.75) is 33.2 Å². The maximum atomic E-state index is 11.9. The lowest BCUT2D eigenvalue weighted by Gasteiger charge is -2.11. The number of unbranched alkanes of at least 4 members (excludes halogenated alkanes) is 1. The Bertz CT molecular complexity index is 641. The maximum absolute atomic E-state index is 11.9. The molecule has 2 aromatic heterocycles. The van der Waals surface area contributed by atoms with E-state index in [4.69, 9.17) is 0 Å². The van der Waals surface area contributed by atoms with Crippen LogP contribution >= 0.6 is 0 Å². The van der Waals surface area contributed by atoms with Crippen molar-refractivity contribution in [3.05, 3.63) is 52.5 Å². The lowest BCUT2D eigenvalue weighted by atomic mass is 10.1. The summed E-state index contributed by atoms with van der Waals surface area (Å²) >= 11 is 0. The number of aromatic nitrogens is 2. The number of hydrogen-bond donors (Lipinski definition) is 0. The van der Waals surface area contributed by atoms with Gasteiger partial charge in [-0.1, -0.05) is 6.08 Å². The zero-order chi connectivity index (χ0) is 13.1. The summed E-state index contributed by atoms with van der Waals surface area (Å²) in [5.41, 5.74) is 2.92. The van der Waals surface area contributed by atoms with Gasteiger partial charge in [0.15, 0.2) is 0 Å². The highest BCUT2D eigenvalue weighted by atomic mass is 16.1. The Morgan fingerprint density at radius 2 is 2.17 bits per heavy atom. The molecule has 94 valence electrons. The molecule has 0 fully saturated rings. The smallest absolute Gasteiger partial charge is 0.252 e. The molecule has 0 atom stereocenters. The predicted octanol–water partition coefficient (Wildman–Crippen LogP) is 2.98. The van der Waals surface area contributed by atoms with E-state index in [2.05, 4.69) is 18.5 Å². The summed E-state index contributed by atoms with van der Waals surface area (Å²) in [4.78, 5) is 16.5. The normalized spacial score (nSPS) is 10.8. The molecule has 0 aliphatic rings. The van der Waals surface area contributed by atoms with E-state index < -0.39 is 0 Å². The summed E-state index contributed by atoms with van der Waals surface area (Å²) in [5.74, 6) is 0. The lowest BCUT2D eigenvalue weighted by molar-refractivity contribution is 0.644. The second kappa shape index (κ2) is 5.17. The molecule has 2 rings (SSSR count). The number of allylic oxidation sites excluding steroid dienone is 1. The molecule has 0 amide bonds. The first-order valence-corrected chi connectivity index (χ1v) is 6.22. The Labute approximate surface area is 107 Å². The Hall–Kier alpha value is -1.90. The quantitative estimate of drug-likeness (QED) is 0.610. The van der Waals surface area contributed by atoms with Crippen LogP contribution in [-0.2, 0) is 6.54 Å². The van der Waals surface area contributed by atoms with Crippen LogP contribution in [0.15, 0.2) is 35.6 Å². The van der Waals surface area contributed by atoms with Gasteiger partial charge in [0.1, 0.15) is 5.65 Å². The number of pyridine rings is 2. The molecule has 18 heavy (non-hydrogen) atoms. The van der Waals surface area contributed by atoms with Crippen molar-refractivity contribution in [2.24, 2.45) is 0 Å². The molecule has 0 unspecified atom stereocenters. The van der Waals surface area contributed by atoms with Gasteiger partial charge in [-0.15, -0.1) is 6.58 Å². The molecule has 2 aromatic rings. The molecule has 2 heterocycles. The van der Waals surface area contributed by atoms with E-state index >= 15 is 0 Å². The van der Waals surface area contributed by atoms with Gasteiger partial charge < -0.3 is 0 Å². The fourth-order valence-corrected chi connectivity index (χ4v) is 2.20. The van der Waals surface area contributed by atoms with Crippen LogP contribution in [0.2, 0.25) is 0 Å². The van der Waals surface area contributed by atoms with E-state index in [0.29, 0.717) is 6.54 Å². The SMILES string of the molecule is C=CCCCn1c(=O)ccc2c(C)cc(C)nc21. The first-order valence-electron chi connectivity index (χ1n) is 6.22. The van der Waals surface area contributed by atoms with Crippen molar-refractivity contribution in [2.75, 3.05) is 0 Å². The molecule has 0 spiro atoms. The van der Waals surface area contributed by atoms with Crippen LogP contribution in [0.3, 0.4) is 0 Å². The summed E-state index contributed by atoms with van der Waals surface area (Å²) in [6.07, 6.45) is 3.70. The number of rotatable bonds is 4. The number of hydrogen-bond acceptors (Lipinski definition) is 2.